The van der Waals surface area contributed by atoms with E-state index in [0.717, 1.165) is 41.9 Å². The number of nitrogens with zero attached hydrogens (tertiary/aromatic N) is 2. The molecule has 0 spiro atoms. The first-order valence-corrected chi connectivity index (χ1v) is 9.01. The average molecular weight is 328 g/mol. The zero-order valence-corrected chi connectivity index (χ0v) is 15.0. The van der Waals surface area contributed by atoms with Crippen LogP contribution in [-0.2, 0) is 6.54 Å². The van der Waals surface area contributed by atoms with Crippen LogP contribution in [0, 0.1) is 0 Å². The monoisotopic (exact) mass is 327 g/mol. The van der Waals surface area contributed by atoms with Crippen molar-refractivity contribution in [2.24, 2.45) is 0 Å². The predicted molar refractivity (Wildman–Crippen MR) is 94.6 cm³/mol. The Hall–Kier alpha value is -0.450. The average Bonchev–Trinajstić information content (AvgIpc) is 2.59. The minimum absolute atomic E-state index is 0.364. The fraction of sp³-hybridized carbons (Fsp3) is 0.688. The normalized spacial score (nSPS) is 18.9. The van der Waals surface area contributed by atoms with E-state index >= 15 is 0 Å². The molecule has 0 aliphatic carbocycles. The van der Waals surface area contributed by atoms with Crippen LogP contribution >= 0.6 is 23.4 Å². The van der Waals surface area contributed by atoms with Crippen molar-refractivity contribution in [3.8, 4) is 0 Å². The molecule has 0 radical (unpaired) electrons. The maximum Gasteiger partial charge on any atom is 0.128 e. The Morgan fingerprint density at radius 1 is 1.38 bits per heavy atom. The van der Waals surface area contributed by atoms with E-state index in [1.165, 1.54) is 6.42 Å². The lowest BCUT2D eigenvalue weighted by Gasteiger charge is -2.24. The standard InChI is InChI=1S/C16H26ClN3S/c1-12(2)18-11-14-13(17)5-6-15(19-14)20-8-7-16(3,4)21-10-9-20/h5-6,12,18H,7-11H2,1-4H3. The molecular weight excluding hydrogens is 302 g/mol. The lowest BCUT2D eigenvalue weighted by atomic mass is 10.1. The number of rotatable bonds is 4. The number of pyridine rings is 1. The van der Waals surface area contributed by atoms with Crippen molar-refractivity contribution in [2.45, 2.75) is 51.4 Å². The van der Waals surface area contributed by atoms with Crippen LogP contribution in [0.15, 0.2) is 12.1 Å². The van der Waals surface area contributed by atoms with Crippen molar-refractivity contribution in [3.05, 3.63) is 22.8 Å². The van der Waals surface area contributed by atoms with E-state index in [4.69, 9.17) is 16.6 Å². The van der Waals surface area contributed by atoms with Gasteiger partial charge in [0.15, 0.2) is 0 Å². The molecule has 3 nitrogen and oxygen atoms in total. The Kier molecular flexibility index (Phi) is 5.81. The van der Waals surface area contributed by atoms with Crippen LogP contribution in [0.1, 0.15) is 39.8 Å². The molecule has 0 saturated carbocycles. The second-order valence-electron chi connectivity index (χ2n) is 6.48. The third-order valence-corrected chi connectivity index (χ3v) is 5.46. The zero-order valence-electron chi connectivity index (χ0n) is 13.4. The number of nitrogens with one attached hydrogen (secondary N) is 1. The second kappa shape index (κ2) is 7.21. The van der Waals surface area contributed by atoms with E-state index in [0.29, 0.717) is 10.8 Å². The molecule has 2 heterocycles. The van der Waals surface area contributed by atoms with Crippen molar-refractivity contribution in [1.29, 1.82) is 0 Å². The summed E-state index contributed by atoms with van der Waals surface area (Å²) < 4.78 is 0.364. The first-order chi connectivity index (χ1) is 9.87. The summed E-state index contributed by atoms with van der Waals surface area (Å²) >= 11 is 8.32. The Balaban J connectivity index is 2.10. The van der Waals surface area contributed by atoms with E-state index in [1.54, 1.807) is 0 Å². The smallest absolute Gasteiger partial charge is 0.128 e. The van der Waals surface area contributed by atoms with Crippen LogP contribution in [-0.4, -0.2) is 34.6 Å². The molecule has 21 heavy (non-hydrogen) atoms. The third-order valence-electron chi connectivity index (χ3n) is 3.74. The number of halogens is 1. The molecule has 1 fully saturated rings. The van der Waals surface area contributed by atoms with Crippen molar-refractivity contribution in [2.75, 3.05) is 23.7 Å². The third kappa shape index (κ3) is 5.04. The van der Waals surface area contributed by atoms with Gasteiger partial charge >= 0.3 is 0 Å². The molecule has 118 valence electrons. The van der Waals surface area contributed by atoms with E-state index < -0.39 is 0 Å². The summed E-state index contributed by atoms with van der Waals surface area (Å²) in [5.74, 6) is 2.20. The highest BCUT2D eigenvalue weighted by Gasteiger charge is 2.24. The first kappa shape index (κ1) is 16.9. The van der Waals surface area contributed by atoms with Crippen LogP contribution in [0.25, 0.3) is 0 Å². The fourth-order valence-electron chi connectivity index (χ4n) is 2.32. The topological polar surface area (TPSA) is 28.2 Å². The van der Waals surface area contributed by atoms with Gasteiger partial charge in [-0.2, -0.15) is 11.8 Å². The van der Waals surface area contributed by atoms with Gasteiger partial charge in [0.05, 0.1) is 10.7 Å². The van der Waals surface area contributed by atoms with Crippen LogP contribution in [0.4, 0.5) is 5.82 Å². The molecular formula is C16H26ClN3S. The maximum atomic E-state index is 6.27. The van der Waals surface area contributed by atoms with Gasteiger partial charge in [-0.05, 0) is 18.6 Å². The van der Waals surface area contributed by atoms with Gasteiger partial charge in [-0.15, -0.1) is 0 Å². The minimum Gasteiger partial charge on any atom is -0.356 e. The Morgan fingerprint density at radius 2 is 2.14 bits per heavy atom. The zero-order chi connectivity index (χ0) is 15.5. The quantitative estimate of drug-likeness (QED) is 0.906. The summed E-state index contributed by atoms with van der Waals surface area (Å²) in [6.07, 6.45) is 1.18. The highest BCUT2D eigenvalue weighted by molar-refractivity contribution is 8.00. The highest BCUT2D eigenvalue weighted by Crippen LogP contribution is 2.32. The van der Waals surface area contributed by atoms with Crippen LogP contribution in [0.2, 0.25) is 5.02 Å². The van der Waals surface area contributed by atoms with E-state index in [1.807, 2.05) is 12.1 Å². The van der Waals surface area contributed by atoms with Gasteiger partial charge in [0, 0.05) is 36.2 Å². The maximum absolute atomic E-state index is 6.27. The summed E-state index contributed by atoms with van der Waals surface area (Å²) in [4.78, 5) is 7.17. The molecule has 1 aliphatic rings. The van der Waals surface area contributed by atoms with Crippen molar-refractivity contribution < 1.29 is 0 Å². The van der Waals surface area contributed by atoms with Gasteiger partial charge in [0.25, 0.3) is 0 Å². The van der Waals surface area contributed by atoms with Gasteiger partial charge in [0.1, 0.15) is 5.82 Å². The molecule has 0 amide bonds. The van der Waals surface area contributed by atoms with Crippen LogP contribution in [0.5, 0.6) is 0 Å². The van der Waals surface area contributed by atoms with Crippen LogP contribution < -0.4 is 10.2 Å². The molecule has 0 atom stereocenters. The molecule has 0 bridgehead atoms. The summed E-state index contributed by atoms with van der Waals surface area (Å²) in [7, 11) is 0. The Labute approximate surface area is 137 Å². The second-order valence-corrected chi connectivity index (χ2v) is 8.69. The van der Waals surface area contributed by atoms with E-state index in [9.17, 15) is 0 Å². The number of aromatic nitrogens is 1. The molecule has 5 heteroatoms. The summed E-state index contributed by atoms with van der Waals surface area (Å²) in [5.41, 5.74) is 0.944. The van der Waals surface area contributed by atoms with Crippen LogP contribution in [0.3, 0.4) is 0 Å². The highest BCUT2D eigenvalue weighted by atomic mass is 35.5. The molecule has 2 rings (SSSR count). The van der Waals surface area contributed by atoms with Gasteiger partial charge in [-0.3, -0.25) is 0 Å². The van der Waals surface area contributed by atoms with Gasteiger partial charge in [-0.25, -0.2) is 4.98 Å². The van der Waals surface area contributed by atoms with Crippen molar-refractivity contribution in [1.82, 2.24) is 10.3 Å². The lowest BCUT2D eigenvalue weighted by Crippen LogP contribution is -2.28. The molecule has 0 aromatic carbocycles. The first-order valence-electron chi connectivity index (χ1n) is 7.65. The number of hydrogen-bond donors (Lipinski definition) is 1. The molecule has 1 aromatic heterocycles. The summed E-state index contributed by atoms with van der Waals surface area (Å²) in [6, 6.07) is 4.45. The van der Waals surface area contributed by atoms with Gasteiger partial charge in [0.2, 0.25) is 0 Å². The van der Waals surface area contributed by atoms with Gasteiger partial charge in [-0.1, -0.05) is 39.3 Å². The molecule has 0 unspecified atom stereocenters. The SMILES string of the molecule is CC(C)NCc1nc(N2CCSC(C)(C)CC2)ccc1Cl. The van der Waals surface area contributed by atoms with Crippen molar-refractivity contribution >= 4 is 29.2 Å². The van der Waals surface area contributed by atoms with Crippen molar-refractivity contribution in [3.63, 3.8) is 0 Å². The predicted octanol–water partition coefficient (Wildman–Crippen LogP) is 3.95. The Bertz CT molecular complexity index is 477. The molecule has 1 aromatic rings. The van der Waals surface area contributed by atoms with Gasteiger partial charge < -0.3 is 10.2 Å². The summed E-state index contributed by atoms with van der Waals surface area (Å²) in [6.45, 7) is 11.8. The Morgan fingerprint density at radius 3 is 2.86 bits per heavy atom. The molecule has 1 aliphatic heterocycles. The van der Waals surface area contributed by atoms with E-state index in [-0.39, 0.29) is 0 Å². The minimum atomic E-state index is 0.364. The molecule has 1 saturated heterocycles. The largest absolute Gasteiger partial charge is 0.356 e. The lowest BCUT2D eigenvalue weighted by molar-refractivity contribution is 0.580. The van der Waals surface area contributed by atoms with E-state index in [2.05, 4.69) is 49.7 Å². The molecule has 1 N–H and O–H groups in total. The number of anilines is 1. The summed E-state index contributed by atoms with van der Waals surface area (Å²) in [5, 5.41) is 4.14. The number of hydrogen-bond acceptors (Lipinski definition) is 4. The fourth-order valence-corrected chi connectivity index (χ4v) is 3.60. The number of thioether (sulfide) groups is 1.